The summed E-state index contributed by atoms with van der Waals surface area (Å²) in [6.45, 7) is 5.81. The summed E-state index contributed by atoms with van der Waals surface area (Å²) in [6.07, 6.45) is 2.04. The van der Waals surface area contributed by atoms with Gasteiger partial charge in [-0.3, -0.25) is 4.72 Å². The highest BCUT2D eigenvalue weighted by molar-refractivity contribution is 7.92. The molecule has 0 unspecified atom stereocenters. The molecule has 1 aliphatic rings. The Morgan fingerprint density at radius 2 is 2.03 bits per heavy atom. The molecule has 30 heavy (non-hydrogen) atoms. The maximum Gasteiger partial charge on any atom is 0.319 e. The molecule has 0 spiro atoms. The molecule has 0 radical (unpaired) electrons. The van der Waals surface area contributed by atoms with Gasteiger partial charge >= 0.3 is 6.01 Å². The maximum atomic E-state index is 13.0. The first-order chi connectivity index (χ1) is 14.3. The highest BCUT2D eigenvalue weighted by atomic mass is 35.5. The van der Waals surface area contributed by atoms with Crippen molar-refractivity contribution < 1.29 is 22.6 Å². The zero-order valence-corrected chi connectivity index (χ0v) is 18.7. The van der Waals surface area contributed by atoms with Gasteiger partial charge in [-0.05, 0) is 39.4 Å². The molecule has 2 heterocycles. The largest absolute Gasteiger partial charge is 0.487 e. The van der Waals surface area contributed by atoms with Crippen molar-refractivity contribution in [3.05, 3.63) is 29.4 Å². The van der Waals surface area contributed by atoms with Gasteiger partial charge in [0.1, 0.15) is 11.9 Å². The van der Waals surface area contributed by atoms with Gasteiger partial charge in [0.2, 0.25) is 5.88 Å². The monoisotopic (exact) mass is 456 g/mol. The molecule has 0 bridgehead atoms. The topological polar surface area (TPSA) is 103 Å². The van der Waals surface area contributed by atoms with Crippen molar-refractivity contribution in [3.63, 3.8) is 0 Å². The van der Waals surface area contributed by atoms with E-state index in [1.807, 2.05) is 7.05 Å². The normalized spacial score (nSPS) is 17.0. The number of sulfonamides is 1. The first-order valence-corrected chi connectivity index (χ1v) is 11.5. The van der Waals surface area contributed by atoms with Gasteiger partial charge in [-0.15, -0.1) is 0 Å². The number of halogens is 1. The molecule has 0 saturated carbocycles. The van der Waals surface area contributed by atoms with Crippen molar-refractivity contribution in [2.24, 2.45) is 0 Å². The summed E-state index contributed by atoms with van der Waals surface area (Å²) in [7, 11) is -2.01. The summed E-state index contributed by atoms with van der Waals surface area (Å²) in [5, 5.41) is 0.409. The van der Waals surface area contributed by atoms with Crippen LogP contribution in [0.2, 0.25) is 5.02 Å². The van der Waals surface area contributed by atoms with Crippen LogP contribution in [0.5, 0.6) is 17.6 Å². The second-order valence-electron chi connectivity index (χ2n) is 6.73. The Balaban J connectivity index is 1.83. The Labute approximate surface area is 181 Å². The van der Waals surface area contributed by atoms with E-state index in [0.29, 0.717) is 23.1 Å². The van der Waals surface area contributed by atoms with E-state index in [1.54, 1.807) is 32.0 Å². The third-order valence-electron chi connectivity index (χ3n) is 4.37. The Morgan fingerprint density at radius 3 is 2.70 bits per heavy atom. The number of benzene rings is 1. The van der Waals surface area contributed by atoms with E-state index in [2.05, 4.69) is 19.6 Å². The van der Waals surface area contributed by atoms with Gasteiger partial charge in [0.15, 0.2) is 4.90 Å². The summed E-state index contributed by atoms with van der Waals surface area (Å²) in [4.78, 5) is 9.95. The minimum Gasteiger partial charge on any atom is -0.487 e. The lowest BCUT2D eigenvalue weighted by atomic mass is 10.3. The van der Waals surface area contributed by atoms with E-state index in [0.717, 1.165) is 25.7 Å². The molecular formula is C19H25ClN4O5S. The number of likely N-dealkylation sites (N-methyl/N-ethyl adjacent to an activating group) is 1. The third kappa shape index (κ3) is 5.44. The molecule has 0 aliphatic carbocycles. The molecule has 1 atom stereocenters. The van der Waals surface area contributed by atoms with Gasteiger partial charge in [0.25, 0.3) is 10.0 Å². The first kappa shape index (κ1) is 22.4. The van der Waals surface area contributed by atoms with E-state index < -0.39 is 10.0 Å². The smallest absolute Gasteiger partial charge is 0.319 e. The molecule has 1 fully saturated rings. The minimum atomic E-state index is -4.03. The average molecular weight is 457 g/mol. The van der Waals surface area contributed by atoms with E-state index in [1.165, 1.54) is 0 Å². The van der Waals surface area contributed by atoms with E-state index in [9.17, 15) is 8.42 Å². The van der Waals surface area contributed by atoms with Crippen LogP contribution in [0, 0.1) is 0 Å². The molecule has 1 N–H and O–H groups in total. The van der Waals surface area contributed by atoms with Crippen LogP contribution in [0.25, 0.3) is 0 Å². The second-order valence-corrected chi connectivity index (χ2v) is 8.79. The minimum absolute atomic E-state index is 0.00317. The van der Waals surface area contributed by atoms with Crippen LogP contribution >= 0.6 is 11.6 Å². The van der Waals surface area contributed by atoms with Crippen LogP contribution in [0.4, 0.5) is 5.69 Å². The highest BCUT2D eigenvalue weighted by Gasteiger charge is 2.25. The van der Waals surface area contributed by atoms with Crippen molar-refractivity contribution in [1.29, 1.82) is 0 Å². The molecule has 11 heteroatoms. The lowest BCUT2D eigenvalue weighted by Gasteiger charge is -2.17. The van der Waals surface area contributed by atoms with Gasteiger partial charge in [-0.1, -0.05) is 11.6 Å². The Kier molecular flexibility index (Phi) is 7.22. The van der Waals surface area contributed by atoms with Gasteiger partial charge in [-0.2, -0.15) is 4.98 Å². The molecule has 164 valence electrons. The van der Waals surface area contributed by atoms with Crippen LogP contribution in [-0.2, 0) is 10.0 Å². The van der Waals surface area contributed by atoms with Gasteiger partial charge in [0, 0.05) is 19.2 Å². The molecule has 3 rings (SSSR count). The van der Waals surface area contributed by atoms with E-state index in [-0.39, 0.29) is 29.5 Å². The van der Waals surface area contributed by atoms with Gasteiger partial charge < -0.3 is 19.1 Å². The molecule has 1 saturated heterocycles. The molecule has 9 nitrogen and oxygen atoms in total. The number of likely N-dealkylation sites (tertiary alicyclic amines) is 1. The predicted octanol–water partition coefficient (Wildman–Crippen LogP) is 2.81. The lowest BCUT2D eigenvalue weighted by molar-refractivity contribution is 0.208. The zero-order chi connectivity index (χ0) is 21.7. The zero-order valence-electron chi connectivity index (χ0n) is 17.1. The van der Waals surface area contributed by atoms with Crippen molar-refractivity contribution in [2.45, 2.75) is 31.3 Å². The fourth-order valence-electron chi connectivity index (χ4n) is 3.00. The van der Waals surface area contributed by atoms with Gasteiger partial charge in [-0.25, -0.2) is 13.4 Å². The number of rotatable bonds is 9. The fraction of sp³-hybridized carbons (Fsp3) is 0.474. The van der Waals surface area contributed by atoms with Gasteiger partial charge in [0.05, 0.1) is 30.1 Å². The third-order valence-corrected chi connectivity index (χ3v) is 6.05. The number of hydrogen-bond acceptors (Lipinski definition) is 8. The van der Waals surface area contributed by atoms with Crippen molar-refractivity contribution in [3.8, 4) is 17.6 Å². The molecule has 1 aromatic heterocycles. The van der Waals surface area contributed by atoms with Crippen LogP contribution < -0.4 is 18.9 Å². The first-order valence-electron chi connectivity index (χ1n) is 9.62. The summed E-state index contributed by atoms with van der Waals surface area (Å²) >= 11 is 6.24. The molecular weight excluding hydrogens is 432 g/mol. The molecule has 1 aliphatic heterocycles. The fourth-order valence-corrected chi connectivity index (χ4v) is 4.24. The number of nitrogens with one attached hydrogen (secondary N) is 1. The van der Waals surface area contributed by atoms with Crippen molar-refractivity contribution in [1.82, 2.24) is 14.9 Å². The Bertz CT molecular complexity index is 989. The Morgan fingerprint density at radius 1 is 1.27 bits per heavy atom. The number of ether oxygens (including phenoxy) is 3. The standard InChI is InChI=1S/C19H25ClN4O5S/c1-4-27-18-17(11-21-19(22-18)28-5-2)30(25,26)23-13-6-7-15(20)16(10-13)29-14-8-9-24(3)12-14/h6-7,10-11,14,23H,4-5,8-9,12H2,1-3H3/t14-/m1/s1. The van der Waals surface area contributed by atoms with Crippen molar-refractivity contribution in [2.75, 3.05) is 38.1 Å². The number of nitrogens with zero attached hydrogens (tertiary/aromatic N) is 3. The second kappa shape index (κ2) is 9.67. The summed E-state index contributed by atoms with van der Waals surface area (Å²) in [6, 6.07) is 4.76. The van der Waals surface area contributed by atoms with Crippen LogP contribution in [0.15, 0.2) is 29.3 Å². The number of aromatic nitrogens is 2. The summed E-state index contributed by atoms with van der Waals surface area (Å²) in [5.41, 5.74) is 0.303. The summed E-state index contributed by atoms with van der Waals surface area (Å²) in [5.74, 6) is 0.341. The van der Waals surface area contributed by atoms with Crippen LogP contribution in [0.1, 0.15) is 20.3 Å². The Hall–Kier alpha value is -2.30. The maximum absolute atomic E-state index is 13.0. The highest BCUT2D eigenvalue weighted by Crippen LogP contribution is 2.32. The SMILES string of the molecule is CCOc1ncc(S(=O)(=O)Nc2ccc(Cl)c(O[C@@H]3CCN(C)C3)c2)c(OCC)n1. The average Bonchev–Trinajstić information content (AvgIpc) is 3.09. The van der Waals surface area contributed by atoms with Crippen LogP contribution in [0.3, 0.4) is 0 Å². The predicted molar refractivity (Wildman–Crippen MR) is 113 cm³/mol. The van der Waals surface area contributed by atoms with E-state index >= 15 is 0 Å². The molecule has 0 amide bonds. The van der Waals surface area contributed by atoms with E-state index in [4.69, 9.17) is 25.8 Å². The lowest BCUT2D eigenvalue weighted by Crippen LogP contribution is -2.21. The molecule has 2 aromatic rings. The quantitative estimate of drug-likeness (QED) is 0.614. The number of hydrogen-bond donors (Lipinski definition) is 1. The van der Waals surface area contributed by atoms with Crippen molar-refractivity contribution >= 4 is 27.3 Å². The van der Waals surface area contributed by atoms with Crippen LogP contribution in [-0.4, -0.2) is 62.7 Å². The summed E-state index contributed by atoms with van der Waals surface area (Å²) < 4.78 is 45.0. The molecule has 1 aromatic carbocycles. The number of anilines is 1.